The van der Waals surface area contributed by atoms with Gasteiger partial charge >= 0.3 is 29.6 Å². The van der Waals surface area contributed by atoms with Crippen molar-refractivity contribution in [3.05, 3.63) is 0 Å². The van der Waals surface area contributed by atoms with Gasteiger partial charge in [-0.05, 0) is 0 Å². The van der Waals surface area contributed by atoms with Gasteiger partial charge in [-0.2, -0.15) is 4.21 Å². The van der Waals surface area contributed by atoms with Crippen molar-refractivity contribution in [1.82, 2.24) is 0 Å². The summed E-state index contributed by atoms with van der Waals surface area (Å²) < 4.78 is 24.0. The quantitative estimate of drug-likeness (QED) is 0.377. The number of hydrogen-bond acceptors (Lipinski definition) is 2. The van der Waals surface area contributed by atoms with Crippen LogP contribution >= 0.6 is 0 Å². The Kier molecular flexibility index (Phi) is 72.1. The van der Waals surface area contributed by atoms with Crippen molar-refractivity contribution in [2.24, 2.45) is 0 Å². The number of hydrogen-bond donors (Lipinski definition) is 2. The Balaban J connectivity index is -0.00000000533. The molecule has 0 aromatic rings. The second kappa shape index (κ2) is 16.6. The van der Waals surface area contributed by atoms with Crippen LogP contribution in [-0.2, 0) is 20.2 Å². The van der Waals surface area contributed by atoms with Crippen LogP contribution in [0.25, 0.3) is 0 Å². The van der Waals surface area contributed by atoms with Gasteiger partial charge in [0.15, 0.2) is 0 Å². The molecule has 10 heteroatoms. The predicted molar refractivity (Wildman–Crippen MR) is 36.3 cm³/mol. The zero-order valence-electron chi connectivity index (χ0n) is 6.12. The van der Waals surface area contributed by atoms with Gasteiger partial charge in [-0.1, -0.05) is 0 Å². The molecule has 0 aromatic heterocycles. The van der Waals surface area contributed by atoms with Gasteiger partial charge in [-0.25, -0.2) is 0 Å². The van der Waals surface area contributed by atoms with E-state index < -0.39 is 9.05 Å². The van der Waals surface area contributed by atoms with Gasteiger partial charge in [-0.3, -0.25) is 9.11 Å². The third-order valence-electron chi connectivity index (χ3n) is 0. The maximum atomic E-state index is 9.11. The van der Waals surface area contributed by atoms with E-state index >= 15 is 0 Å². The fourth-order valence-electron chi connectivity index (χ4n) is 0. The van der Waals surface area contributed by atoms with Gasteiger partial charge in [0.25, 0.3) is 9.05 Å². The molecule has 0 aliphatic rings. The van der Waals surface area contributed by atoms with Crippen LogP contribution in [0.1, 0.15) is 1.43 Å². The van der Waals surface area contributed by atoms with E-state index in [0.717, 1.165) is 0 Å². The summed E-state index contributed by atoms with van der Waals surface area (Å²) in [4.78, 5) is 0. The Hall–Kier alpha value is 1.13. The summed E-state index contributed by atoms with van der Waals surface area (Å²) in [6, 6.07) is 0. The summed E-state index contributed by atoms with van der Waals surface area (Å²) in [5.74, 6) is 0. The second-order valence-corrected chi connectivity index (χ2v) is 2.65. The minimum Gasteiger partial charge on any atom is -1.00 e. The second-order valence-electron chi connectivity index (χ2n) is 0.448. The number of rotatable bonds is 0. The van der Waals surface area contributed by atoms with Gasteiger partial charge in [0, 0.05) is 11.2 Å². The van der Waals surface area contributed by atoms with Crippen LogP contribution in [0, 0.1) is 0 Å². The van der Waals surface area contributed by atoms with Crippen LogP contribution in [0.5, 0.6) is 0 Å². The molecule has 0 spiro atoms. The van der Waals surface area contributed by atoms with E-state index in [2.05, 4.69) is 11.2 Å². The molecule has 0 unspecified atom stereocenters. The molecule has 66 valence electrons. The van der Waals surface area contributed by atoms with E-state index in [0.29, 0.717) is 0 Å². The molecule has 0 heterocycles. The smallest absolute Gasteiger partial charge is 1.00 e. The topological polar surface area (TPSA) is 184 Å². The van der Waals surface area contributed by atoms with E-state index in [1.54, 1.807) is 0 Å². The van der Waals surface area contributed by atoms with Crippen molar-refractivity contribution >= 4 is 20.2 Å². The molecule has 7 nitrogen and oxygen atoms in total. The minimum absolute atomic E-state index is 0. The molecule has 0 fully saturated rings. The van der Waals surface area contributed by atoms with Crippen LogP contribution in [0.2, 0.25) is 0 Å². The molecule has 10 N–H and O–H groups in total. The standard InChI is InChI=1S/Na.H2O3S2.4H2O.H/c;1-5(2,3)4;;;;;/h;(H2,1,2,3,4);4*1H2;/q+1;;;;;;-1. The third-order valence-corrected chi connectivity index (χ3v) is 0. The molecule has 0 radical (unpaired) electrons. The Bertz CT molecular complexity index is 99.6. The third kappa shape index (κ3) is 473. The SMILES string of the molecule is O.O.O.O.O=S(O)(O)=S.[H-].[Na+]. The zero-order chi connectivity index (χ0) is 4.50. The summed E-state index contributed by atoms with van der Waals surface area (Å²) in [7, 11) is -3.83. The van der Waals surface area contributed by atoms with Crippen molar-refractivity contribution in [1.29, 1.82) is 0 Å². The van der Waals surface area contributed by atoms with Gasteiger partial charge < -0.3 is 23.3 Å². The van der Waals surface area contributed by atoms with E-state index in [4.69, 9.17) is 13.3 Å². The summed E-state index contributed by atoms with van der Waals surface area (Å²) in [5, 5.41) is 0. The van der Waals surface area contributed by atoms with E-state index in [1.165, 1.54) is 0 Å². The molecule has 0 aliphatic heterocycles. The minimum atomic E-state index is -3.83. The van der Waals surface area contributed by atoms with Gasteiger partial charge in [0.1, 0.15) is 0 Å². The Morgan fingerprint density at radius 2 is 1.10 bits per heavy atom. The van der Waals surface area contributed by atoms with Crippen molar-refractivity contribution in [2.45, 2.75) is 0 Å². The van der Waals surface area contributed by atoms with Gasteiger partial charge in [0.2, 0.25) is 0 Å². The molecule has 0 aliphatic carbocycles. The van der Waals surface area contributed by atoms with Crippen molar-refractivity contribution < 1.29 is 66.2 Å². The summed E-state index contributed by atoms with van der Waals surface area (Å²) in [6.45, 7) is 0. The van der Waals surface area contributed by atoms with E-state index in [1.807, 2.05) is 0 Å². The Morgan fingerprint density at radius 1 is 1.10 bits per heavy atom. The molecular formula is H11NaO7S2. The first-order valence-corrected chi connectivity index (χ1v) is 3.10. The normalized spacial score (nSPS) is 5.80. The van der Waals surface area contributed by atoms with Crippen LogP contribution in [-0.4, -0.2) is 35.2 Å². The van der Waals surface area contributed by atoms with Crippen molar-refractivity contribution in [2.75, 3.05) is 0 Å². The van der Waals surface area contributed by atoms with Crippen LogP contribution in [0.15, 0.2) is 0 Å². The first kappa shape index (κ1) is 43.4. The molecule has 0 amide bonds. The molecule has 0 saturated heterocycles. The van der Waals surface area contributed by atoms with Gasteiger partial charge in [0.05, 0.1) is 0 Å². The van der Waals surface area contributed by atoms with Crippen molar-refractivity contribution in [3.8, 4) is 0 Å². The zero-order valence-corrected chi connectivity index (χ0v) is 8.75. The largest absolute Gasteiger partial charge is 1.00 e. The summed E-state index contributed by atoms with van der Waals surface area (Å²) in [6.07, 6.45) is 0. The molecule has 10 heavy (non-hydrogen) atoms. The monoisotopic (exact) mass is 210 g/mol. The first-order chi connectivity index (χ1) is 2.00. The van der Waals surface area contributed by atoms with Crippen LogP contribution < -0.4 is 29.6 Å². The Labute approximate surface area is 86.2 Å². The predicted octanol–water partition coefficient (Wildman–Crippen LogP) is -6.50. The Morgan fingerprint density at radius 3 is 1.10 bits per heavy atom. The van der Waals surface area contributed by atoms with E-state index in [9.17, 15) is 0 Å². The van der Waals surface area contributed by atoms with Crippen molar-refractivity contribution in [3.63, 3.8) is 0 Å². The fourth-order valence-corrected chi connectivity index (χ4v) is 0. The van der Waals surface area contributed by atoms with E-state index in [-0.39, 0.29) is 52.9 Å². The van der Waals surface area contributed by atoms with Crippen LogP contribution in [0.3, 0.4) is 0 Å². The summed E-state index contributed by atoms with van der Waals surface area (Å²) >= 11 is 3.47. The van der Waals surface area contributed by atoms with Crippen LogP contribution in [0.4, 0.5) is 0 Å². The maximum Gasteiger partial charge on any atom is 1.00 e. The molecule has 0 bridgehead atoms. The molecular weight excluding hydrogens is 199 g/mol. The molecule has 0 atom stereocenters. The first-order valence-electron chi connectivity index (χ1n) is 0.698. The maximum absolute atomic E-state index is 9.11. The average molecular weight is 210 g/mol. The molecule has 0 rings (SSSR count). The fraction of sp³-hybridized carbons (Fsp3) is 0. The summed E-state index contributed by atoms with van der Waals surface area (Å²) in [5.41, 5.74) is 0. The van der Waals surface area contributed by atoms with Gasteiger partial charge in [-0.15, -0.1) is 0 Å². The average Bonchev–Trinajstić information content (AvgIpc) is 0.722. The molecule has 0 saturated carbocycles. The molecule has 0 aromatic carbocycles.